The van der Waals surface area contributed by atoms with Crippen LogP contribution in [-0.4, -0.2) is 24.8 Å². The number of ether oxygens (including phenoxy) is 1. The first kappa shape index (κ1) is 17.5. The first-order valence-corrected chi connectivity index (χ1v) is 9.33. The van der Waals surface area contributed by atoms with Crippen molar-refractivity contribution < 1.29 is 9.53 Å². The van der Waals surface area contributed by atoms with E-state index in [0.29, 0.717) is 22.7 Å². The van der Waals surface area contributed by atoms with Crippen molar-refractivity contribution in [1.29, 1.82) is 0 Å². The molecule has 1 aromatic carbocycles. The Morgan fingerprint density at radius 1 is 1.41 bits per heavy atom. The number of methoxy groups -OCH3 is 1. The molecule has 0 bridgehead atoms. The molecule has 22 heavy (non-hydrogen) atoms. The molecule has 0 spiro atoms. The third-order valence-electron chi connectivity index (χ3n) is 4.19. The Morgan fingerprint density at radius 3 is 2.91 bits per heavy atom. The lowest BCUT2D eigenvalue weighted by atomic mass is 9.86. The molecule has 0 aliphatic heterocycles. The van der Waals surface area contributed by atoms with Gasteiger partial charge in [0, 0.05) is 22.4 Å². The molecular formula is C17H24ClNO2S. The topological polar surface area (TPSA) is 38.3 Å². The molecule has 1 aliphatic rings. The van der Waals surface area contributed by atoms with Gasteiger partial charge in [0.25, 0.3) is 0 Å². The second-order valence-electron chi connectivity index (χ2n) is 5.88. The van der Waals surface area contributed by atoms with Gasteiger partial charge in [-0.05, 0) is 37.0 Å². The quantitative estimate of drug-likeness (QED) is 0.839. The lowest BCUT2D eigenvalue weighted by Crippen LogP contribution is -2.41. The largest absolute Gasteiger partial charge is 0.496 e. The molecule has 1 aromatic rings. The van der Waals surface area contributed by atoms with Gasteiger partial charge in [0.15, 0.2) is 0 Å². The van der Waals surface area contributed by atoms with Crippen molar-refractivity contribution in [3.05, 3.63) is 28.8 Å². The number of hydrogen-bond donors (Lipinski definition) is 1. The Kier molecular flexibility index (Phi) is 6.90. The Labute approximate surface area is 142 Å². The van der Waals surface area contributed by atoms with E-state index in [1.807, 2.05) is 18.2 Å². The maximum atomic E-state index is 12.1. The van der Waals surface area contributed by atoms with Gasteiger partial charge in [-0.15, -0.1) is 11.8 Å². The summed E-state index contributed by atoms with van der Waals surface area (Å²) in [4.78, 5) is 12.1. The third-order valence-corrected chi connectivity index (χ3v) is 5.41. The zero-order chi connectivity index (χ0) is 15.9. The fourth-order valence-electron chi connectivity index (χ4n) is 2.89. The minimum atomic E-state index is 0.129. The minimum Gasteiger partial charge on any atom is -0.496 e. The molecule has 5 heteroatoms. The van der Waals surface area contributed by atoms with Crippen LogP contribution in [0.5, 0.6) is 5.75 Å². The number of halogens is 1. The van der Waals surface area contributed by atoms with Gasteiger partial charge in [-0.3, -0.25) is 4.79 Å². The van der Waals surface area contributed by atoms with Crippen LogP contribution in [0.25, 0.3) is 0 Å². The summed E-state index contributed by atoms with van der Waals surface area (Å²) in [5.74, 6) is 2.73. The summed E-state index contributed by atoms with van der Waals surface area (Å²) in [5.41, 5.74) is 1.03. The molecule has 2 atom stereocenters. The van der Waals surface area contributed by atoms with Gasteiger partial charge in [0.05, 0.1) is 12.9 Å². The number of nitrogens with one attached hydrogen (secondary N) is 1. The number of rotatable bonds is 6. The zero-order valence-corrected chi connectivity index (χ0v) is 14.8. The number of benzene rings is 1. The van der Waals surface area contributed by atoms with Crippen LogP contribution in [0.3, 0.4) is 0 Å². The van der Waals surface area contributed by atoms with E-state index in [1.165, 1.54) is 19.3 Å². The molecule has 3 nitrogen and oxygen atoms in total. The fraction of sp³-hybridized carbons (Fsp3) is 0.588. The van der Waals surface area contributed by atoms with E-state index in [1.54, 1.807) is 18.9 Å². The van der Waals surface area contributed by atoms with Crippen molar-refractivity contribution in [2.45, 2.75) is 44.4 Å². The molecule has 1 N–H and O–H groups in total. The van der Waals surface area contributed by atoms with E-state index in [0.717, 1.165) is 23.5 Å². The average molecular weight is 342 g/mol. The van der Waals surface area contributed by atoms with Gasteiger partial charge in [-0.2, -0.15) is 0 Å². The van der Waals surface area contributed by atoms with Crippen molar-refractivity contribution in [2.75, 3.05) is 12.9 Å². The molecule has 1 saturated carbocycles. The van der Waals surface area contributed by atoms with Crippen LogP contribution in [0.4, 0.5) is 0 Å². The van der Waals surface area contributed by atoms with Crippen LogP contribution in [0.2, 0.25) is 5.02 Å². The predicted molar refractivity (Wildman–Crippen MR) is 93.7 cm³/mol. The Hall–Kier alpha value is -0.870. The van der Waals surface area contributed by atoms with Gasteiger partial charge in [-0.25, -0.2) is 0 Å². The molecular weight excluding hydrogens is 318 g/mol. The van der Waals surface area contributed by atoms with Crippen LogP contribution in [-0.2, 0) is 10.5 Å². The van der Waals surface area contributed by atoms with Crippen molar-refractivity contribution in [2.24, 2.45) is 5.92 Å². The molecule has 0 heterocycles. The SMILES string of the molecule is COc1ccc(Cl)cc1CSCC(=O)N[C@H]1CCCC[C@@H]1C. The van der Waals surface area contributed by atoms with Gasteiger partial charge in [0.2, 0.25) is 5.91 Å². The minimum absolute atomic E-state index is 0.129. The van der Waals surface area contributed by atoms with Crippen molar-refractivity contribution in [1.82, 2.24) is 5.32 Å². The lowest BCUT2D eigenvalue weighted by molar-refractivity contribution is -0.119. The normalized spacial score (nSPS) is 21.4. The maximum Gasteiger partial charge on any atom is 0.230 e. The molecule has 0 aromatic heterocycles. The van der Waals surface area contributed by atoms with Crippen molar-refractivity contribution in [3.8, 4) is 5.75 Å². The van der Waals surface area contributed by atoms with E-state index in [-0.39, 0.29) is 5.91 Å². The van der Waals surface area contributed by atoms with Gasteiger partial charge in [0.1, 0.15) is 5.75 Å². The number of amides is 1. The summed E-state index contributed by atoms with van der Waals surface area (Å²) >= 11 is 7.61. The van der Waals surface area contributed by atoms with E-state index >= 15 is 0 Å². The molecule has 122 valence electrons. The van der Waals surface area contributed by atoms with Gasteiger partial charge >= 0.3 is 0 Å². The predicted octanol–water partition coefficient (Wildman–Crippen LogP) is 4.28. The summed E-state index contributed by atoms with van der Waals surface area (Å²) in [5, 5.41) is 3.87. The lowest BCUT2D eigenvalue weighted by Gasteiger charge is -2.29. The Bertz CT molecular complexity index is 509. The smallest absolute Gasteiger partial charge is 0.230 e. The second kappa shape index (κ2) is 8.68. The molecule has 1 fully saturated rings. The molecule has 0 unspecified atom stereocenters. The van der Waals surface area contributed by atoms with Crippen LogP contribution in [0, 0.1) is 5.92 Å². The van der Waals surface area contributed by atoms with Crippen molar-refractivity contribution in [3.63, 3.8) is 0 Å². The molecule has 0 saturated heterocycles. The van der Waals surface area contributed by atoms with Crippen LogP contribution >= 0.6 is 23.4 Å². The maximum absolute atomic E-state index is 12.1. The van der Waals surface area contributed by atoms with Gasteiger partial charge < -0.3 is 10.1 Å². The molecule has 1 aliphatic carbocycles. The standard InChI is InChI=1S/C17H24ClNO2S/c1-12-5-3-4-6-15(12)19-17(20)11-22-10-13-9-14(18)7-8-16(13)21-2/h7-9,12,15H,3-6,10-11H2,1-2H3,(H,19,20)/t12-,15-/m0/s1. The number of thioether (sulfide) groups is 1. The fourth-order valence-corrected chi connectivity index (χ4v) is 3.90. The van der Waals surface area contributed by atoms with Gasteiger partial charge in [-0.1, -0.05) is 31.4 Å². The molecule has 0 radical (unpaired) electrons. The first-order chi connectivity index (χ1) is 10.6. The first-order valence-electron chi connectivity index (χ1n) is 7.79. The summed E-state index contributed by atoms with van der Waals surface area (Å²) in [7, 11) is 1.65. The summed E-state index contributed by atoms with van der Waals surface area (Å²) in [6, 6.07) is 5.92. The number of hydrogen-bond acceptors (Lipinski definition) is 3. The monoisotopic (exact) mass is 341 g/mol. The highest BCUT2D eigenvalue weighted by Crippen LogP contribution is 2.27. The van der Waals surface area contributed by atoms with Crippen LogP contribution < -0.4 is 10.1 Å². The third kappa shape index (κ3) is 5.10. The average Bonchev–Trinajstić information content (AvgIpc) is 2.50. The van der Waals surface area contributed by atoms with Crippen LogP contribution in [0.15, 0.2) is 18.2 Å². The van der Waals surface area contributed by atoms with Crippen molar-refractivity contribution >= 4 is 29.3 Å². The second-order valence-corrected chi connectivity index (χ2v) is 7.31. The molecule has 2 rings (SSSR count). The highest BCUT2D eigenvalue weighted by molar-refractivity contribution is 7.99. The Morgan fingerprint density at radius 2 is 2.18 bits per heavy atom. The van der Waals surface area contributed by atoms with Crippen LogP contribution in [0.1, 0.15) is 38.2 Å². The number of carbonyl (C=O) groups excluding carboxylic acids is 1. The van der Waals surface area contributed by atoms with E-state index in [9.17, 15) is 4.79 Å². The Balaban J connectivity index is 1.78. The highest BCUT2D eigenvalue weighted by Gasteiger charge is 2.22. The zero-order valence-electron chi connectivity index (χ0n) is 13.2. The summed E-state index contributed by atoms with van der Waals surface area (Å²) in [6.07, 6.45) is 4.84. The van der Waals surface area contributed by atoms with E-state index < -0.39 is 0 Å². The summed E-state index contributed by atoms with van der Waals surface area (Å²) in [6.45, 7) is 2.23. The number of carbonyl (C=O) groups is 1. The van der Waals surface area contributed by atoms with E-state index in [4.69, 9.17) is 16.3 Å². The highest BCUT2D eigenvalue weighted by atomic mass is 35.5. The summed E-state index contributed by atoms with van der Waals surface area (Å²) < 4.78 is 5.32. The molecule has 1 amide bonds. The van der Waals surface area contributed by atoms with E-state index in [2.05, 4.69) is 12.2 Å².